The predicted octanol–water partition coefficient (Wildman–Crippen LogP) is 4.18. The van der Waals surface area contributed by atoms with Gasteiger partial charge in [0.15, 0.2) is 11.6 Å². The van der Waals surface area contributed by atoms with Crippen molar-refractivity contribution in [3.8, 4) is 11.3 Å². The molecule has 3 aromatic rings. The molecule has 1 heterocycles. The van der Waals surface area contributed by atoms with E-state index in [1.807, 2.05) is 31.2 Å². The van der Waals surface area contributed by atoms with Crippen LogP contribution < -0.4 is 5.32 Å². The van der Waals surface area contributed by atoms with Crippen molar-refractivity contribution in [2.24, 2.45) is 0 Å². The van der Waals surface area contributed by atoms with Gasteiger partial charge in [-0.05, 0) is 19.1 Å². The second-order valence-corrected chi connectivity index (χ2v) is 5.03. The number of aromatic nitrogens is 1. The Morgan fingerprint density at radius 2 is 1.78 bits per heavy atom. The Balaban J connectivity index is 1.78. The first-order valence-corrected chi connectivity index (χ1v) is 6.83. The number of halogens is 2. The van der Waals surface area contributed by atoms with Crippen molar-refractivity contribution in [2.75, 3.05) is 5.32 Å². The molecule has 0 fully saturated rings. The lowest BCUT2D eigenvalue weighted by molar-refractivity contribution is 0.0988. The normalized spacial score (nSPS) is 10.6. The Labute approximate surface area is 130 Å². The third-order valence-corrected chi connectivity index (χ3v) is 3.26. The molecule has 6 heteroatoms. The largest absolute Gasteiger partial charge is 0.350 e. The standard InChI is InChI=1S/C17H12F2N2O2/c1-10-2-4-11(5-3-10)15-9-16(23-21-15)17(22)20-12-6-7-13(18)14(19)8-12/h2-9H,1H3,(H,20,22). The van der Waals surface area contributed by atoms with E-state index < -0.39 is 17.5 Å². The molecule has 0 aliphatic rings. The molecule has 0 spiro atoms. The molecule has 2 aromatic carbocycles. The first kappa shape index (κ1) is 14.9. The van der Waals surface area contributed by atoms with Crippen LogP contribution in [0.4, 0.5) is 14.5 Å². The van der Waals surface area contributed by atoms with Crippen LogP contribution in [0.15, 0.2) is 53.1 Å². The summed E-state index contributed by atoms with van der Waals surface area (Å²) in [6.07, 6.45) is 0. The highest BCUT2D eigenvalue weighted by Gasteiger charge is 2.15. The number of benzene rings is 2. The molecule has 0 saturated carbocycles. The summed E-state index contributed by atoms with van der Waals surface area (Å²) in [7, 11) is 0. The molecule has 0 aliphatic carbocycles. The number of nitrogens with one attached hydrogen (secondary N) is 1. The third-order valence-electron chi connectivity index (χ3n) is 3.26. The summed E-state index contributed by atoms with van der Waals surface area (Å²) < 4.78 is 31.0. The Hall–Kier alpha value is -3.02. The molecule has 1 aromatic heterocycles. The highest BCUT2D eigenvalue weighted by molar-refractivity contribution is 6.02. The minimum absolute atomic E-state index is 0.0229. The maximum atomic E-state index is 13.1. The zero-order chi connectivity index (χ0) is 16.4. The maximum Gasteiger partial charge on any atom is 0.294 e. The van der Waals surface area contributed by atoms with E-state index in [1.165, 1.54) is 12.1 Å². The van der Waals surface area contributed by atoms with Crippen LogP contribution in [-0.2, 0) is 0 Å². The smallest absolute Gasteiger partial charge is 0.294 e. The summed E-state index contributed by atoms with van der Waals surface area (Å²) in [6, 6.07) is 12.1. The van der Waals surface area contributed by atoms with E-state index in [2.05, 4.69) is 10.5 Å². The summed E-state index contributed by atoms with van der Waals surface area (Å²) in [5.41, 5.74) is 2.56. The van der Waals surface area contributed by atoms with Crippen molar-refractivity contribution in [1.82, 2.24) is 5.16 Å². The highest BCUT2D eigenvalue weighted by atomic mass is 19.2. The summed E-state index contributed by atoms with van der Waals surface area (Å²) >= 11 is 0. The molecule has 23 heavy (non-hydrogen) atoms. The molecule has 116 valence electrons. The topological polar surface area (TPSA) is 55.1 Å². The van der Waals surface area contributed by atoms with Gasteiger partial charge in [-0.15, -0.1) is 0 Å². The van der Waals surface area contributed by atoms with Gasteiger partial charge in [0, 0.05) is 23.4 Å². The number of anilines is 1. The minimum Gasteiger partial charge on any atom is -0.350 e. The second-order valence-electron chi connectivity index (χ2n) is 5.03. The van der Waals surface area contributed by atoms with Crippen molar-refractivity contribution in [2.45, 2.75) is 6.92 Å². The molecule has 0 atom stereocenters. The monoisotopic (exact) mass is 314 g/mol. The van der Waals surface area contributed by atoms with Crippen LogP contribution in [0, 0.1) is 18.6 Å². The van der Waals surface area contributed by atoms with E-state index in [1.54, 1.807) is 0 Å². The minimum atomic E-state index is -1.04. The highest BCUT2D eigenvalue weighted by Crippen LogP contribution is 2.20. The maximum absolute atomic E-state index is 13.1. The van der Waals surface area contributed by atoms with Crippen LogP contribution in [0.1, 0.15) is 16.1 Å². The van der Waals surface area contributed by atoms with E-state index in [0.29, 0.717) is 5.69 Å². The van der Waals surface area contributed by atoms with Crippen molar-refractivity contribution < 1.29 is 18.1 Å². The van der Waals surface area contributed by atoms with Gasteiger partial charge >= 0.3 is 0 Å². The first-order valence-electron chi connectivity index (χ1n) is 6.83. The number of nitrogens with zero attached hydrogens (tertiary/aromatic N) is 1. The van der Waals surface area contributed by atoms with Gasteiger partial charge in [0.1, 0.15) is 5.69 Å². The summed E-state index contributed by atoms with van der Waals surface area (Å²) in [6.45, 7) is 1.97. The van der Waals surface area contributed by atoms with Crippen molar-refractivity contribution in [3.05, 3.63) is 71.5 Å². The molecule has 0 saturated heterocycles. The van der Waals surface area contributed by atoms with Gasteiger partial charge in [0.25, 0.3) is 5.91 Å². The predicted molar refractivity (Wildman–Crippen MR) is 81.0 cm³/mol. The van der Waals surface area contributed by atoms with Gasteiger partial charge in [-0.25, -0.2) is 8.78 Å². The van der Waals surface area contributed by atoms with Crippen molar-refractivity contribution in [3.63, 3.8) is 0 Å². The van der Waals surface area contributed by atoms with Crippen LogP contribution in [0.25, 0.3) is 11.3 Å². The van der Waals surface area contributed by atoms with Crippen molar-refractivity contribution >= 4 is 11.6 Å². The lowest BCUT2D eigenvalue weighted by Crippen LogP contribution is -2.11. The van der Waals surface area contributed by atoms with E-state index in [9.17, 15) is 13.6 Å². The average molecular weight is 314 g/mol. The van der Waals surface area contributed by atoms with Gasteiger partial charge in [-0.3, -0.25) is 4.79 Å². The number of amides is 1. The van der Waals surface area contributed by atoms with Crippen LogP contribution in [0.5, 0.6) is 0 Å². The Bertz CT molecular complexity index is 857. The molecule has 0 unspecified atom stereocenters. The molecule has 1 amide bonds. The van der Waals surface area contributed by atoms with Gasteiger partial charge in [-0.1, -0.05) is 35.0 Å². The van der Waals surface area contributed by atoms with E-state index in [4.69, 9.17) is 4.52 Å². The van der Waals surface area contributed by atoms with Gasteiger partial charge < -0.3 is 9.84 Å². The summed E-state index contributed by atoms with van der Waals surface area (Å²) in [5, 5.41) is 6.26. The molecule has 1 N–H and O–H groups in total. The van der Waals surface area contributed by atoms with Crippen LogP contribution >= 0.6 is 0 Å². The molecular weight excluding hydrogens is 302 g/mol. The number of hydrogen-bond acceptors (Lipinski definition) is 3. The molecule has 0 aliphatic heterocycles. The zero-order valence-electron chi connectivity index (χ0n) is 12.1. The van der Waals surface area contributed by atoms with Crippen molar-refractivity contribution in [1.29, 1.82) is 0 Å². The summed E-state index contributed by atoms with van der Waals surface area (Å²) in [5.74, 6) is -2.64. The van der Waals surface area contributed by atoms with Gasteiger partial charge in [-0.2, -0.15) is 0 Å². The van der Waals surface area contributed by atoms with E-state index >= 15 is 0 Å². The lowest BCUT2D eigenvalue weighted by Gasteiger charge is -2.02. The molecule has 3 rings (SSSR count). The average Bonchev–Trinajstić information content (AvgIpc) is 3.02. The van der Waals surface area contributed by atoms with E-state index in [-0.39, 0.29) is 11.4 Å². The van der Waals surface area contributed by atoms with Gasteiger partial charge in [0.2, 0.25) is 5.76 Å². The molecule has 0 bridgehead atoms. The Kier molecular flexibility index (Phi) is 3.89. The molecule has 4 nitrogen and oxygen atoms in total. The zero-order valence-corrected chi connectivity index (χ0v) is 12.1. The fourth-order valence-corrected chi connectivity index (χ4v) is 2.01. The van der Waals surface area contributed by atoms with E-state index in [0.717, 1.165) is 23.3 Å². The molecule has 0 radical (unpaired) electrons. The number of aryl methyl sites for hydroxylation is 1. The fraction of sp³-hybridized carbons (Fsp3) is 0.0588. The Morgan fingerprint density at radius 1 is 1.04 bits per heavy atom. The summed E-state index contributed by atoms with van der Waals surface area (Å²) in [4.78, 5) is 12.0. The van der Waals surface area contributed by atoms with Crippen LogP contribution in [0.3, 0.4) is 0 Å². The number of carbonyl (C=O) groups is 1. The number of hydrogen-bond donors (Lipinski definition) is 1. The Morgan fingerprint density at radius 3 is 2.48 bits per heavy atom. The SMILES string of the molecule is Cc1ccc(-c2cc(C(=O)Nc3ccc(F)c(F)c3)on2)cc1. The van der Waals surface area contributed by atoms with Gasteiger partial charge in [0.05, 0.1) is 0 Å². The molecular formula is C17H12F2N2O2. The number of rotatable bonds is 3. The van der Waals surface area contributed by atoms with Crippen LogP contribution in [0.2, 0.25) is 0 Å². The quantitative estimate of drug-likeness (QED) is 0.789. The fourth-order valence-electron chi connectivity index (χ4n) is 2.01. The third kappa shape index (κ3) is 3.26. The van der Waals surface area contributed by atoms with Crippen LogP contribution in [-0.4, -0.2) is 11.1 Å². The first-order chi connectivity index (χ1) is 11.0. The number of carbonyl (C=O) groups excluding carboxylic acids is 1. The second kappa shape index (κ2) is 6.00. The lowest BCUT2D eigenvalue weighted by atomic mass is 10.1.